The van der Waals surface area contributed by atoms with E-state index in [-0.39, 0.29) is 16.9 Å². The highest BCUT2D eigenvalue weighted by Crippen LogP contribution is 2.06. The SMILES string of the molecule is C=C(C)C(=O)OC(C)[N+](C)(C)C.[F-]. The summed E-state index contributed by atoms with van der Waals surface area (Å²) in [5.74, 6) is -0.324. The van der Waals surface area contributed by atoms with Crippen LogP contribution in [0.1, 0.15) is 13.8 Å². The van der Waals surface area contributed by atoms with Crippen LogP contribution < -0.4 is 4.70 Å². The predicted molar refractivity (Wildman–Crippen MR) is 48.4 cm³/mol. The molecule has 0 bridgehead atoms. The van der Waals surface area contributed by atoms with E-state index in [0.717, 1.165) is 0 Å². The number of ether oxygens (including phenoxy) is 1. The summed E-state index contributed by atoms with van der Waals surface area (Å²) in [7, 11) is 5.91. The van der Waals surface area contributed by atoms with Gasteiger partial charge in [-0.1, -0.05) is 6.58 Å². The Morgan fingerprint density at radius 3 is 2.00 bits per heavy atom. The molecule has 1 unspecified atom stereocenters. The highest BCUT2D eigenvalue weighted by atomic mass is 19.0. The molecule has 13 heavy (non-hydrogen) atoms. The molecule has 0 aromatic rings. The molecule has 0 N–H and O–H groups in total. The molecule has 0 aliphatic carbocycles. The van der Waals surface area contributed by atoms with Gasteiger partial charge in [0.1, 0.15) is 0 Å². The maximum Gasteiger partial charge on any atom is 0.337 e. The Morgan fingerprint density at radius 1 is 1.38 bits per heavy atom. The Hall–Kier alpha value is -0.900. The summed E-state index contributed by atoms with van der Waals surface area (Å²) in [6.07, 6.45) is -0.144. The summed E-state index contributed by atoms with van der Waals surface area (Å²) in [4.78, 5) is 11.1. The van der Waals surface area contributed by atoms with Crippen molar-refractivity contribution in [2.24, 2.45) is 0 Å². The maximum absolute atomic E-state index is 11.1. The third kappa shape index (κ3) is 5.36. The van der Waals surface area contributed by atoms with Crippen LogP contribution in [0.5, 0.6) is 0 Å². The average molecular weight is 191 g/mol. The van der Waals surface area contributed by atoms with Crippen LogP contribution in [-0.2, 0) is 9.53 Å². The standard InChI is InChI=1S/C9H18NO2.FH/c1-7(2)9(11)12-8(3)10(4,5)6;/h8H,1H2,2-6H3;1H/q+1;/p-1. The van der Waals surface area contributed by atoms with Gasteiger partial charge in [-0.2, -0.15) is 0 Å². The van der Waals surface area contributed by atoms with Crippen molar-refractivity contribution in [1.82, 2.24) is 0 Å². The monoisotopic (exact) mass is 191 g/mol. The van der Waals surface area contributed by atoms with Crippen molar-refractivity contribution in [3.63, 3.8) is 0 Å². The first-order valence-electron chi connectivity index (χ1n) is 3.92. The number of esters is 1. The van der Waals surface area contributed by atoms with Gasteiger partial charge in [-0.25, -0.2) is 4.79 Å². The van der Waals surface area contributed by atoms with Crippen molar-refractivity contribution in [3.8, 4) is 0 Å². The fourth-order valence-electron chi connectivity index (χ4n) is 0.414. The minimum atomic E-state index is -0.324. The van der Waals surface area contributed by atoms with Gasteiger partial charge in [-0.15, -0.1) is 0 Å². The van der Waals surface area contributed by atoms with Gasteiger partial charge in [0, 0.05) is 12.5 Å². The summed E-state index contributed by atoms with van der Waals surface area (Å²) in [5, 5.41) is 0. The molecule has 0 spiro atoms. The van der Waals surface area contributed by atoms with Gasteiger partial charge in [0.15, 0.2) is 0 Å². The molecule has 78 valence electrons. The zero-order valence-corrected chi connectivity index (χ0v) is 8.93. The number of quaternary nitrogens is 1. The van der Waals surface area contributed by atoms with E-state index in [1.54, 1.807) is 6.92 Å². The van der Waals surface area contributed by atoms with Crippen LogP contribution in [0.2, 0.25) is 0 Å². The van der Waals surface area contributed by atoms with Crippen LogP contribution in [0, 0.1) is 0 Å². The van der Waals surface area contributed by atoms with Gasteiger partial charge in [-0.05, 0) is 6.92 Å². The van der Waals surface area contributed by atoms with Crippen LogP contribution >= 0.6 is 0 Å². The first-order chi connectivity index (χ1) is 5.25. The van der Waals surface area contributed by atoms with E-state index in [1.807, 2.05) is 28.1 Å². The van der Waals surface area contributed by atoms with E-state index >= 15 is 0 Å². The molecule has 0 rings (SSSR count). The Morgan fingerprint density at radius 2 is 1.77 bits per heavy atom. The third-order valence-electron chi connectivity index (χ3n) is 1.72. The van der Waals surface area contributed by atoms with Crippen molar-refractivity contribution < 1.29 is 18.7 Å². The summed E-state index contributed by atoms with van der Waals surface area (Å²) < 4.78 is 5.71. The number of carbonyl (C=O) groups excluding carboxylic acids is 1. The molecule has 0 heterocycles. The Balaban J connectivity index is 0. The third-order valence-corrected chi connectivity index (χ3v) is 1.72. The van der Waals surface area contributed by atoms with Crippen LogP contribution in [0.3, 0.4) is 0 Å². The van der Waals surface area contributed by atoms with E-state index in [1.165, 1.54) is 0 Å². The molecule has 0 aromatic carbocycles. The molecule has 0 amide bonds. The van der Waals surface area contributed by atoms with Crippen LogP contribution in [0.25, 0.3) is 0 Å². The first kappa shape index (κ1) is 14.6. The minimum absolute atomic E-state index is 0. The highest BCUT2D eigenvalue weighted by Gasteiger charge is 2.22. The fourth-order valence-corrected chi connectivity index (χ4v) is 0.414. The Labute approximate surface area is 78.9 Å². The van der Waals surface area contributed by atoms with E-state index in [2.05, 4.69) is 6.58 Å². The lowest BCUT2D eigenvalue weighted by Gasteiger charge is -2.30. The summed E-state index contributed by atoms with van der Waals surface area (Å²) in [6.45, 7) is 7.01. The quantitative estimate of drug-likeness (QED) is 0.227. The van der Waals surface area contributed by atoms with E-state index in [0.29, 0.717) is 10.1 Å². The molecule has 1 atom stereocenters. The number of nitrogens with zero attached hydrogens (tertiary/aromatic N) is 1. The van der Waals surface area contributed by atoms with Gasteiger partial charge >= 0.3 is 5.97 Å². The molecular weight excluding hydrogens is 173 g/mol. The van der Waals surface area contributed by atoms with Crippen molar-refractivity contribution in [3.05, 3.63) is 12.2 Å². The Bertz CT molecular complexity index is 196. The number of hydrogen-bond donors (Lipinski definition) is 0. The summed E-state index contributed by atoms with van der Waals surface area (Å²) in [5.41, 5.74) is 0.440. The van der Waals surface area contributed by atoms with Crippen molar-refractivity contribution in [2.75, 3.05) is 21.1 Å². The van der Waals surface area contributed by atoms with Crippen molar-refractivity contribution in [2.45, 2.75) is 20.1 Å². The lowest BCUT2D eigenvalue weighted by atomic mass is 10.3. The van der Waals surface area contributed by atoms with E-state index < -0.39 is 0 Å². The number of rotatable bonds is 3. The van der Waals surface area contributed by atoms with Gasteiger partial charge in [0.05, 0.1) is 21.1 Å². The maximum atomic E-state index is 11.1. The molecule has 0 aliphatic rings. The van der Waals surface area contributed by atoms with Crippen molar-refractivity contribution >= 4 is 5.97 Å². The average Bonchev–Trinajstić information content (AvgIpc) is 1.85. The summed E-state index contributed by atoms with van der Waals surface area (Å²) >= 11 is 0. The van der Waals surface area contributed by atoms with Crippen molar-refractivity contribution in [1.29, 1.82) is 0 Å². The lowest BCUT2D eigenvalue weighted by molar-refractivity contribution is -0.914. The smallest absolute Gasteiger partial charge is 0.337 e. The van der Waals surface area contributed by atoms with Crippen LogP contribution in [0.4, 0.5) is 0 Å². The second-order valence-corrected chi connectivity index (χ2v) is 3.90. The van der Waals surface area contributed by atoms with Gasteiger partial charge < -0.3 is 9.44 Å². The number of hydrogen-bond acceptors (Lipinski definition) is 2. The largest absolute Gasteiger partial charge is 1.00 e. The molecule has 0 saturated heterocycles. The van der Waals surface area contributed by atoms with Gasteiger partial charge in [-0.3, -0.25) is 4.48 Å². The molecule has 0 saturated carbocycles. The lowest BCUT2D eigenvalue weighted by Crippen LogP contribution is -3.00. The predicted octanol–water partition coefficient (Wildman–Crippen LogP) is -1.84. The highest BCUT2D eigenvalue weighted by molar-refractivity contribution is 5.86. The zero-order valence-electron chi connectivity index (χ0n) is 8.93. The number of halogens is 1. The molecule has 0 fully saturated rings. The molecule has 0 aliphatic heterocycles. The minimum Gasteiger partial charge on any atom is -1.00 e. The summed E-state index contributed by atoms with van der Waals surface area (Å²) in [6, 6.07) is 0. The van der Waals surface area contributed by atoms with Crippen LogP contribution in [0.15, 0.2) is 12.2 Å². The fraction of sp³-hybridized carbons (Fsp3) is 0.667. The molecule has 0 radical (unpaired) electrons. The molecular formula is C9H18FNO2. The normalized spacial score (nSPS) is 12.7. The number of carbonyl (C=O) groups is 1. The second kappa shape index (κ2) is 4.97. The Kier molecular flexibility index (Phi) is 5.58. The van der Waals surface area contributed by atoms with Gasteiger partial charge in [0.25, 0.3) is 0 Å². The topological polar surface area (TPSA) is 26.3 Å². The molecule has 4 heteroatoms. The zero-order chi connectivity index (χ0) is 9.94. The molecule has 0 aromatic heterocycles. The molecule has 3 nitrogen and oxygen atoms in total. The van der Waals surface area contributed by atoms with E-state index in [4.69, 9.17) is 4.74 Å². The first-order valence-corrected chi connectivity index (χ1v) is 3.92. The second-order valence-electron chi connectivity index (χ2n) is 3.90. The van der Waals surface area contributed by atoms with Crippen LogP contribution in [-0.4, -0.2) is 37.8 Å². The van der Waals surface area contributed by atoms with E-state index in [9.17, 15) is 4.79 Å². The van der Waals surface area contributed by atoms with Gasteiger partial charge in [0.2, 0.25) is 6.23 Å².